The monoisotopic (exact) mass is 493 g/mol. The Hall–Kier alpha value is -4.34. The van der Waals surface area contributed by atoms with E-state index in [9.17, 15) is 9.59 Å². The van der Waals surface area contributed by atoms with Crippen molar-refractivity contribution in [1.29, 1.82) is 0 Å². The molecule has 0 saturated heterocycles. The number of Topliss-reactive ketones (excluding diaryl/α,β-unsaturated/α-hetero) is 1. The van der Waals surface area contributed by atoms with Crippen LogP contribution in [0.2, 0.25) is 0 Å². The number of anilines is 1. The van der Waals surface area contributed by atoms with Crippen LogP contribution in [0.4, 0.5) is 5.95 Å². The topological polar surface area (TPSA) is 118 Å². The Labute approximate surface area is 208 Å². The van der Waals surface area contributed by atoms with Gasteiger partial charge in [0.2, 0.25) is 11.7 Å². The highest BCUT2D eigenvalue weighted by Gasteiger charge is 2.29. The largest absolute Gasteiger partial charge is 0.493 e. The number of hydrogen-bond donors (Lipinski definition) is 1. The van der Waals surface area contributed by atoms with Crippen molar-refractivity contribution in [2.24, 2.45) is 0 Å². The number of nitrogens with zero attached hydrogens (tertiary/aromatic N) is 2. The zero-order valence-corrected chi connectivity index (χ0v) is 20.7. The molecular weight excluding hydrogens is 466 g/mol. The van der Waals surface area contributed by atoms with Crippen molar-refractivity contribution < 1.29 is 33.3 Å². The molecule has 10 nitrogen and oxygen atoms in total. The highest BCUT2D eigenvalue weighted by atomic mass is 16.5. The third-order valence-electron chi connectivity index (χ3n) is 6.07. The average molecular weight is 494 g/mol. The number of rotatable bonds is 8. The first-order valence-electron chi connectivity index (χ1n) is 11.1. The Bertz CT molecular complexity index is 1280. The van der Waals surface area contributed by atoms with Gasteiger partial charge in [0.05, 0.1) is 46.8 Å². The van der Waals surface area contributed by atoms with Gasteiger partial charge in [0, 0.05) is 18.2 Å². The van der Waals surface area contributed by atoms with E-state index in [1.165, 1.54) is 39.7 Å². The standard InChI is InChI=1S/C26H27N3O7/c1-32-20-7-6-14(10-21(20)33-2)15-8-18-17(19(30)9-15)13-27-26(28-18)29-25(31)16-11-22(34-3)24(36-5)23(12-16)35-4/h6-7,10-13,15H,8-9H2,1-5H3,(H,27,28,29,31). The van der Waals surface area contributed by atoms with E-state index in [4.69, 9.17) is 23.7 Å². The van der Waals surface area contributed by atoms with Crippen molar-refractivity contribution in [1.82, 2.24) is 9.97 Å². The van der Waals surface area contributed by atoms with E-state index in [1.807, 2.05) is 18.2 Å². The van der Waals surface area contributed by atoms with Crippen LogP contribution in [0.25, 0.3) is 0 Å². The molecule has 0 spiro atoms. The molecule has 1 aliphatic carbocycles. The van der Waals surface area contributed by atoms with Crippen LogP contribution in [-0.2, 0) is 6.42 Å². The molecule has 0 saturated carbocycles. The molecular formula is C26H27N3O7. The lowest BCUT2D eigenvalue weighted by atomic mass is 9.82. The second-order valence-electron chi connectivity index (χ2n) is 8.06. The highest BCUT2D eigenvalue weighted by molar-refractivity contribution is 6.04. The molecule has 36 heavy (non-hydrogen) atoms. The smallest absolute Gasteiger partial charge is 0.258 e. The van der Waals surface area contributed by atoms with Gasteiger partial charge in [0.15, 0.2) is 28.8 Å². The summed E-state index contributed by atoms with van der Waals surface area (Å²) in [5.74, 6) is 1.74. The molecule has 1 atom stereocenters. The Morgan fingerprint density at radius 2 is 1.53 bits per heavy atom. The Kier molecular flexibility index (Phi) is 7.23. The van der Waals surface area contributed by atoms with Gasteiger partial charge in [-0.2, -0.15) is 0 Å². The predicted octanol–water partition coefficient (Wildman–Crippen LogP) is 3.68. The molecule has 2 aromatic carbocycles. The summed E-state index contributed by atoms with van der Waals surface area (Å²) < 4.78 is 26.7. The van der Waals surface area contributed by atoms with E-state index in [2.05, 4.69) is 15.3 Å². The fourth-order valence-corrected chi connectivity index (χ4v) is 4.23. The number of benzene rings is 2. The minimum Gasteiger partial charge on any atom is -0.493 e. The van der Waals surface area contributed by atoms with Crippen LogP contribution in [0.1, 0.15) is 44.3 Å². The number of nitrogens with one attached hydrogen (secondary N) is 1. The van der Waals surface area contributed by atoms with Gasteiger partial charge in [-0.1, -0.05) is 6.07 Å². The Morgan fingerprint density at radius 1 is 0.861 bits per heavy atom. The van der Waals surface area contributed by atoms with Crippen LogP contribution in [0.15, 0.2) is 36.5 Å². The maximum Gasteiger partial charge on any atom is 0.258 e. The highest BCUT2D eigenvalue weighted by Crippen LogP contribution is 2.39. The fraction of sp³-hybridized carbons (Fsp3) is 0.308. The average Bonchev–Trinajstić information content (AvgIpc) is 2.91. The number of ether oxygens (including phenoxy) is 5. The van der Waals surface area contributed by atoms with Gasteiger partial charge < -0.3 is 23.7 Å². The summed E-state index contributed by atoms with van der Waals surface area (Å²) in [6.45, 7) is 0. The molecule has 0 bridgehead atoms. The van der Waals surface area contributed by atoms with E-state index in [-0.39, 0.29) is 23.2 Å². The van der Waals surface area contributed by atoms with Gasteiger partial charge in [-0.25, -0.2) is 9.97 Å². The number of hydrogen-bond acceptors (Lipinski definition) is 9. The SMILES string of the molecule is COc1ccc(C2CC(=O)c3cnc(NC(=O)c4cc(OC)c(OC)c(OC)c4)nc3C2)cc1OC. The quantitative estimate of drug-likeness (QED) is 0.501. The summed E-state index contributed by atoms with van der Waals surface area (Å²) in [6, 6.07) is 8.67. The second-order valence-corrected chi connectivity index (χ2v) is 8.06. The number of methoxy groups -OCH3 is 5. The Balaban J connectivity index is 1.59. The molecule has 4 rings (SSSR count). The van der Waals surface area contributed by atoms with E-state index in [1.54, 1.807) is 14.2 Å². The molecule has 0 aliphatic heterocycles. The first-order chi connectivity index (χ1) is 17.4. The van der Waals surface area contributed by atoms with Gasteiger partial charge in [0.1, 0.15) is 0 Å². The van der Waals surface area contributed by atoms with Crippen LogP contribution >= 0.6 is 0 Å². The van der Waals surface area contributed by atoms with Crippen molar-refractivity contribution in [2.75, 3.05) is 40.9 Å². The van der Waals surface area contributed by atoms with Crippen LogP contribution in [-0.4, -0.2) is 57.2 Å². The number of amides is 1. The van der Waals surface area contributed by atoms with E-state index in [0.29, 0.717) is 52.8 Å². The molecule has 1 aromatic heterocycles. The Morgan fingerprint density at radius 3 is 2.14 bits per heavy atom. The molecule has 1 N–H and O–H groups in total. The second kappa shape index (κ2) is 10.5. The van der Waals surface area contributed by atoms with Crippen molar-refractivity contribution in [3.05, 3.63) is 58.9 Å². The van der Waals surface area contributed by atoms with E-state index in [0.717, 1.165) is 5.56 Å². The normalized spacial score (nSPS) is 14.5. The van der Waals surface area contributed by atoms with Crippen LogP contribution < -0.4 is 29.0 Å². The first kappa shape index (κ1) is 24.8. The van der Waals surface area contributed by atoms with Crippen molar-refractivity contribution >= 4 is 17.6 Å². The van der Waals surface area contributed by atoms with Crippen LogP contribution in [0.3, 0.4) is 0 Å². The number of carbonyl (C=O) groups is 2. The lowest BCUT2D eigenvalue weighted by Gasteiger charge is -2.24. The van der Waals surface area contributed by atoms with Gasteiger partial charge in [0.25, 0.3) is 5.91 Å². The molecule has 188 valence electrons. The van der Waals surface area contributed by atoms with Gasteiger partial charge >= 0.3 is 0 Å². The molecule has 1 heterocycles. The molecule has 0 radical (unpaired) electrons. The number of fused-ring (bicyclic) bond motifs is 1. The van der Waals surface area contributed by atoms with E-state index >= 15 is 0 Å². The molecule has 1 aliphatic rings. The minimum atomic E-state index is -0.465. The predicted molar refractivity (Wildman–Crippen MR) is 131 cm³/mol. The van der Waals surface area contributed by atoms with Gasteiger partial charge in [-0.15, -0.1) is 0 Å². The first-order valence-corrected chi connectivity index (χ1v) is 11.1. The van der Waals surface area contributed by atoms with Crippen molar-refractivity contribution in [3.8, 4) is 28.7 Å². The zero-order valence-electron chi connectivity index (χ0n) is 20.7. The minimum absolute atomic E-state index is 0.0569. The summed E-state index contributed by atoms with van der Waals surface area (Å²) in [7, 11) is 7.56. The number of aromatic nitrogens is 2. The third-order valence-corrected chi connectivity index (χ3v) is 6.07. The van der Waals surface area contributed by atoms with Gasteiger partial charge in [-0.05, 0) is 42.2 Å². The molecule has 3 aromatic rings. The van der Waals surface area contributed by atoms with Crippen molar-refractivity contribution in [2.45, 2.75) is 18.8 Å². The lowest BCUT2D eigenvalue weighted by molar-refractivity contribution is 0.0962. The molecule has 1 unspecified atom stereocenters. The summed E-state index contributed by atoms with van der Waals surface area (Å²) in [6.07, 6.45) is 2.29. The molecule has 0 fully saturated rings. The van der Waals surface area contributed by atoms with Crippen LogP contribution in [0, 0.1) is 0 Å². The summed E-state index contributed by atoms with van der Waals surface area (Å²) in [5, 5.41) is 2.69. The number of carbonyl (C=O) groups excluding carboxylic acids is 2. The zero-order chi connectivity index (χ0) is 25.8. The third kappa shape index (κ3) is 4.74. The summed E-state index contributed by atoms with van der Waals surface area (Å²) in [5.41, 5.74) is 2.23. The molecule has 10 heteroatoms. The maximum absolute atomic E-state index is 13.0. The van der Waals surface area contributed by atoms with Gasteiger partial charge in [-0.3, -0.25) is 14.9 Å². The lowest BCUT2D eigenvalue weighted by Crippen LogP contribution is -2.22. The van der Waals surface area contributed by atoms with Crippen molar-refractivity contribution in [3.63, 3.8) is 0 Å². The van der Waals surface area contributed by atoms with E-state index < -0.39 is 5.91 Å². The maximum atomic E-state index is 13.0. The van der Waals surface area contributed by atoms with Crippen LogP contribution in [0.5, 0.6) is 28.7 Å². The summed E-state index contributed by atoms with van der Waals surface area (Å²) >= 11 is 0. The number of ketones is 1. The summed E-state index contributed by atoms with van der Waals surface area (Å²) in [4.78, 5) is 34.5. The molecule has 1 amide bonds. The fourth-order valence-electron chi connectivity index (χ4n) is 4.23.